The minimum Gasteiger partial charge on any atom is -0.454 e. The number of aromatic nitrogens is 2. The van der Waals surface area contributed by atoms with Crippen molar-refractivity contribution >= 4 is 28.8 Å². The highest BCUT2D eigenvalue weighted by Crippen LogP contribution is 2.39. The molecular formula is C21H15ClFN3O2. The summed E-state index contributed by atoms with van der Waals surface area (Å²) in [4.78, 5) is 4.65. The normalized spacial score (nSPS) is 12.5. The van der Waals surface area contributed by atoms with Crippen molar-refractivity contribution in [1.82, 2.24) is 9.38 Å². The summed E-state index contributed by atoms with van der Waals surface area (Å²) >= 11 is 6.33. The summed E-state index contributed by atoms with van der Waals surface area (Å²) < 4.78 is 27.4. The zero-order valence-corrected chi connectivity index (χ0v) is 15.6. The number of pyridine rings is 1. The van der Waals surface area contributed by atoms with Gasteiger partial charge in [0, 0.05) is 17.4 Å². The van der Waals surface area contributed by atoms with Gasteiger partial charge in [-0.05, 0) is 43.3 Å². The monoisotopic (exact) mass is 395 g/mol. The van der Waals surface area contributed by atoms with Gasteiger partial charge < -0.3 is 14.8 Å². The first-order valence-corrected chi connectivity index (χ1v) is 9.09. The number of ether oxygens (including phenoxy) is 2. The number of hydrogen-bond donors (Lipinski definition) is 1. The Morgan fingerprint density at radius 3 is 2.75 bits per heavy atom. The van der Waals surface area contributed by atoms with Crippen LogP contribution in [0.3, 0.4) is 0 Å². The molecule has 0 fully saturated rings. The molecule has 0 amide bonds. The first-order valence-electron chi connectivity index (χ1n) is 8.71. The molecule has 7 heteroatoms. The molecule has 2 aromatic heterocycles. The van der Waals surface area contributed by atoms with E-state index in [1.807, 2.05) is 47.7 Å². The third kappa shape index (κ3) is 2.65. The summed E-state index contributed by atoms with van der Waals surface area (Å²) in [7, 11) is 0. The zero-order valence-electron chi connectivity index (χ0n) is 14.9. The number of benzene rings is 2. The number of hydrogen-bond acceptors (Lipinski definition) is 4. The number of imidazole rings is 1. The van der Waals surface area contributed by atoms with Crippen molar-refractivity contribution in [2.24, 2.45) is 0 Å². The molecule has 5 rings (SSSR count). The summed E-state index contributed by atoms with van der Waals surface area (Å²) in [6, 6.07) is 15.9. The summed E-state index contributed by atoms with van der Waals surface area (Å²) in [5.74, 6) is 1.54. The Hall–Kier alpha value is -3.25. The molecule has 1 N–H and O–H groups in total. The molecule has 0 radical (unpaired) electrons. The van der Waals surface area contributed by atoms with Gasteiger partial charge in [0.2, 0.25) is 6.79 Å². The van der Waals surface area contributed by atoms with Crippen LogP contribution in [-0.2, 0) is 0 Å². The minimum absolute atomic E-state index is 0.198. The van der Waals surface area contributed by atoms with Gasteiger partial charge in [0.1, 0.15) is 23.0 Å². The average Bonchev–Trinajstić information content (AvgIpc) is 3.27. The van der Waals surface area contributed by atoms with Crippen molar-refractivity contribution in [2.75, 3.05) is 12.1 Å². The lowest BCUT2D eigenvalue weighted by molar-refractivity contribution is 0.174. The molecule has 0 saturated carbocycles. The van der Waals surface area contributed by atoms with Crippen LogP contribution in [0.15, 0.2) is 54.6 Å². The van der Waals surface area contributed by atoms with E-state index >= 15 is 0 Å². The second-order valence-electron chi connectivity index (χ2n) is 6.46. The Balaban J connectivity index is 1.72. The van der Waals surface area contributed by atoms with Crippen molar-refractivity contribution in [3.63, 3.8) is 0 Å². The fraction of sp³-hybridized carbons (Fsp3) is 0.0952. The van der Waals surface area contributed by atoms with Crippen LogP contribution in [0.5, 0.6) is 11.5 Å². The van der Waals surface area contributed by atoms with Crippen LogP contribution in [0.1, 0.15) is 5.69 Å². The largest absolute Gasteiger partial charge is 0.454 e. The maximum atomic E-state index is 14.7. The van der Waals surface area contributed by atoms with Crippen LogP contribution in [-0.4, -0.2) is 16.2 Å². The first kappa shape index (κ1) is 16.9. The van der Waals surface area contributed by atoms with Gasteiger partial charge in [0.25, 0.3) is 0 Å². The number of nitrogens with zero attached hydrogens (tertiary/aromatic N) is 2. The van der Waals surface area contributed by atoms with Gasteiger partial charge in [0.15, 0.2) is 11.5 Å². The smallest absolute Gasteiger partial charge is 0.231 e. The van der Waals surface area contributed by atoms with Crippen LogP contribution in [0.4, 0.5) is 15.9 Å². The molecule has 0 spiro atoms. The quantitative estimate of drug-likeness (QED) is 0.492. The number of aryl methyl sites for hydroxylation is 1. The Morgan fingerprint density at radius 2 is 1.89 bits per heavy atom. The van der Waals surface area contributed by atoms with Crippen molar-refractivity contribution in [2.45, 2.75) is 6.92 Å². The van der Waals surface area contributed by atoms with Gasteiger partial charge in [-0.2, -0.15) is 0 Å². The Morgan fingerprint density at radius 1 is 1.07 bits per heavy atom. The van der Waals surface area contributed by atoms with Crippen LogP contribution in [0.2, 0.25) is 5.02 Å². The van der Waals surface area contributed by atoms with E-state index in [-0.39, 0.29) is 12.4 Å². The molecule has 5 nitrogen and oxygen atoms in total. The lowest BCUT2D eigenvalue weighted by Gasteiger charge is -2.12. The van der Waals surface area contributed by atoms with Gasteiger partial charge in [-0.15, -0.1) is 0 Å². The zero-order chi connectivity index (χ0) is 19.3. The number of nitrogens with one attached hydrogen (secondary N) is 1. The fourth-order valence-corrected chi connectivity index (χ4v) is 3.63. The molecule has 0 bridgehead atoms. The third-order valence-electron chi connectivity index (χ3n) is 4.67. The molecule has 1 aliphatic heterocycles. The van der Waals surface area contributed by atoms with Gasteiger partial charge >= 0.3 is 0 Å². The van der Waals surface area contributed by atoms with E-state index in [9.17, 15) is 4.39 Å². The van der Waals surface area contributed by atoms with E-state index in [2.05, 4.69) is 10.3 Å². The molecule has 1 aliphatic rings. The van der Waals surface area contributed by atoms with E-state index in [0.717, 1.165) is 11.4 Å². The van der Waals surface area contributed by atoms with Crippen LogP contribution in [0.25, 0.3) is 16.9 Å². The van der Waals surface area contributed by atoms with Crippen molar-refractivity contribution in [3.8, 4) is 22.8 Å². The molecular weight excluding hydrogens is 381 g/mol. The molecule has 0 aliphatic carbocycles. The number of anilines is 2. The van der Waals surface area contributed by atoms with Crippen molar-refractivity contribution in [3.05, 3.63) is 71.1 Å². The van der Waals surface area contributed by atoms with Crippen LogP contribution >= 0.6 is 11.6 Å². The highest BCUT2D eigenvalue weighted by Gasteiger charge is 2.22. The topological polar surface area (TPSA) is 47.8 Å². The standard InChI is InChI=1S/C21H15ClFN3O2/c1-12-4-2-7-18-25-20(19-14(22)5-3-6-15(19)23)21(26(12)18)24-13-8-9-16-17(10-13)28-11-27-16/h2-10,24H,11H2,1H3. The minimum atomic E-state index is -0.428. The van der Waals surface area contributed by atoms with Gasteiger partial charge in [-0.3, -0.25) is 4.40 Å². The van der Waals surface area contributed by atoms with E-state index in [1.165, 1.54) is 6.07 Å². The lowest BCUT2D eigenvalue weighted by atomic mass is 10.1. The van der Waals surface area contributed by atoms with Gasteiger partial charge in [0.05, 0.1) is 10.6 Å². The summed E-state index contributed by atoms with van der Waals surface area (Å²) in [5, 5.41) is 3.66. The third-order valence-corrected chi connectivity index (χ3v) is 4.99. The molecule has 140 valence electrons. The molecule has 4 aromatic rings. The molecule has 0 atom stereocenters. The van der Waals surface area contributed by atoms with Crippen molar-refractivity contribution < 1.29 is 13.9 Å². The summed E-state index contributed by atoms with van der Waals surface area (Å²) in [5.41, 5.74) is 3.11. The number of fused-ring (bicyclic) bond motifs is 2. The van der Waals surface area contributed by atoms with Crippen molar-refractivity contribution in [1.29, 1.82) is 0 Å². The highest BCUT2D eigenvalue weighted by atomic mass is 35.5. The maximum absolute atomic E-state index is 14.7. The lowest BCUT2D eigenvalue weighted by Crippen LogP contribution is -2.00. The molecule has 0 unspecified atom stereocenters. The first-order chi connectivity index (χ1) is 13.6. The second-order valence-corrected chi connectivity index (χ2v) is 6.87. The number of rotatable bonds is 3. The van der Waals surface area contributed by atoms with E-state index in [4.69, 9.17) is 21.1 Å². The average molecular weight is 396 g/mol. The molecule has 0 saturated heterocycles. The van der Waals surface area contributed by atoms with E-state index in [1.54, 1.807) is 12.1 Å². The summed E-state index contributed by atoms with van der Waals surface area (Å²) in [6.07, 6.45) is 0. The van der Waals surface area contributed by atoms with Gasteiger partial charge in [-0.1, -0.05) is 23.7 Å². The molecule has 2 aromatic carbocycles. The molecule has 28 heavy (non-hydrogen) atoms. The second kappa shape index (κ2) is 6.42. The Labute approximate surface area is 165 Å². The Kier molecular flexibility index (Phi) is 3.87. The SMILES string of the molecule is Cc1cccc2nc(-c3c(F)cccc3Cl)c(Nc3ccc4c(c3)OCO4)n12. The maximum Gasteiger partial charge on any atom is 0.231 e. The predicted molar refractivity (Wildman–Crippen MR) is 106 cm³/mol. The fourth-order valence-electron chi connectivity index (χ4n) is 3.38. The predicted octanol–water partition coefficient (Wildman–Crippen LogP) is 5.57. The van der Waals surface area contributed by atoms with E-state index < -0.39 is 5.82 Å². The Bertz CT molecular complexity index is 1200. The number of halogens is 2. The van der Waals surface area contributed by atoms with Gasteiger partial charge in [-0.25, -0.2) is 9.37 Å². The van der Waals surface area contributed by atoms with Crippen LogP contribution in [0, 0.1) is 12.7 Å². The molecule has 3 heterocycles. The van der Waals surface area contributed by atoms with E-state index in [0.29, 0.717) is 33.7 Å². The highest BCUT2D eigenvalue weighted by molar-refractivity contribution is 6.33. The summed E-state index contributed by atoms with van der Waals surface area (Å²) in [6.45, 7) is 2.16. The van der Waals surface area contributed by atoms with Crippen LogP contribution < -0.4 is 14.8 Å².